The first kappa shape index (κ1) is 52.3. The van der Waals surface area contributed by atoms with Crippen molar-refractivity contribution < 1.29 is 78.3 Å². The Hall–Kier alpha value is -7.83. The Morgan fingerprint density at radius 1 is 0.500 bits per heavy atom. The van der Waals surface area contributed by atoms with Crippen LogP contribution in [0.15, 0.2) is 48.5 Å². The van der Waals surface area contributed by atoms with E-state index in [1.54, 1.807) is 0 Å². The van der Waals surface area contributed by atoms with E-state index in [9.17, 15) is 73.2 Å². The van der Waals surface area contributed by atoms with Gasteiger partial charge in [-0.25, -0.2) is 9.59 Å². The molecule has 0 aliphatic heterocycles. The number of carbonyl (C=O) groups is 11. The van der Waals surface area contributed by atoms with Crippen LogP contribution in [-0.4, -0.2) is 141 Å². The topological polar surface area (TPSA) is 411 Å². The summed E-state index contributed by atoms with van der Waals surface area (Å²) < 4.78 is 0. The molecule has 0 fully saturated rings. The molecule has 0 bridgehead atoms. The molecule has 348 valence electrons. The molecule has 0 aliphatic rings. The first-order valence-corrected chi connectivity index (χ1v) is 19.4. The molecule has 0 spiro atoms. The van der Waals surface area contributed by atoms with Crippen LogP contribution in [0.4, 0.5) is 0 Å². The molecule has 64 heavy (non-hydrogen) atoms. The first-order chi connectivity index (χ1) is 30.1. The lowest BCUT2D eigenvalue weighted by molar-refractivity contribution is -0.143. The van der Waals surface area contributed by atoms with E-state index in [0.29, 0.717) is 5.56 Å². The molecule has 25 nitrogen and oxygen atoms in total. The molecule has 0 saturated heterocycles. The van der Waals surface area contributed by atoms with Crippen LogP contribution in [0, 0.1) is 0 Å². The normalized spacial score (nSPS) is 13.4. The fraction of sp³-hybridized carbons (Fsp3) is 0.410. The van der Waals surface area contributed by atoms with Crippen molar-refractivity contribution in [3.05, 3.63) is 59.7 Å². The quantitative estimate of drug-likeness (QED) is 0.0427. The van der Waals surface area contributed by atoms with Crippen LogP contribution < -0.4 is 48.3 Å². The van der Waals surface area contributed by atoms with Crippen molar-refractivity contribution in [3.8, 4) is 11.5 Å². The number of hydrogen-bond acceptors (Lipinski definition) is 14. The third kappa shape index (κ3) is 19.3. The first-order valence-electron chi connectivity index (χ1n) is 19.4. The van der Waals surface area contributed by atoms with Crippen LogP contribution in [-0.2, 0) is 59.2 Å². The molecule has 2 rings (SSSR count). The van der Waals surface area contributed by atoms with Gasteiger partial charge in [0.05, 0.1) is 13.1 Å². The third-order valence-corrected chi connectivity index (χ3v) is 8.94. The minimum absolute atomic E-state index is 0.0785. The van der Waals surface area contributed by atoms with E-state index in [0.717, 1.165) is 0 Å². The summed E-state index contributed by atoms with van der Waals surface area (Å²) in [6.45, 7) is 0.515. The van der Waals surface area contributed by atoms with E-state index in [2.05, 4.69) is 37.2 Å². The monoisotopic (exact) mass is 901 g/mol. The number of carbonyl (C=O) groups excluding carboxylic acids is 8. The predicted octanol–water partition coefficient (Wildman–Crippen LogP) is -4.03. The maximum Gasteiger partial charge on any atom is 0.326 e. The third-order valence-electron chi connectivity index (χ3n) is 8.94. The minimum atomic E-state index is -1.69. The lowest BCUT2D eigenvalue weighted by Crippen LogP contribution is -2.55. The standard InChI is InChI=1S/C39H51N9O16/c1-19(34(57)42-16-30(53)41-18-32(55)56)44-28(51)13-11-25(38(61)62)47-36(59)27(15-21-3-7-23(49)8-4-21)46-31(54)17-43-35(58)20(2)45-29(52)14-12-26(39(63)64)48-37(60)33(40)22-5-9-24(50)10-6-22/h3-10,19-20,25-27,33,49-50H,11-18,40H2,1-2H3,(H,41,53)(H,42,57)(H,43,58)(H,44,51)(H,45,52)(H,46,54)(H,47,59)(H,48,60)(H,55,56)(H,61,62)(H,63,64). The highest BCUT2D eigenvalue weighted by Crippen LogP contribution is 2.16. The van der Waals surface area contributed by atoms with E-state index in [-0.39, 0.29) is 23.5 Å². The summed E-state index contributed by atoms with van der Waals surface area (Å²) in [6.07, 6.45) is -2.11. The molecular formula is C39H51N9O16. The second-order valence-corrected chi connectivity index (χ2v) is 14.1. The lowest BCUT2D eigenvalue weighted by atomic mass is 10.0. The highest BCUT2D eigenvalue weighted by Gasteiger charge is 2.29. The van der Waals surface area contributed by atoms with Crippen molar-refractivity contribution in [2.24, 2.45) is 5.73 Å². The summed E-state index contributed by atoms with van der Waals surface area (Å²) in [5.41, 5.74) is 6.58. The molecule has 0 aliphatic carbocycles. The van der Waals surface area contributed by atoms with E-state index >= 15 is 0 Å². The van der Waals surface area contributed by atoms with Gasteiger partial charge < -0.3 is 73.8 Å². The molecule has 0 saturated carbocycles. The Balaban J connectivity index is 1.95. The van der Waals surface area contributed by atoms with Gasteiger partial charge >= 0.3 is 17.9 Å². The van der Waals surface area contributed by atoms with Crippen LogP contribution in [0.3, 0.4) is 0 Å². The second kappa shape index (κ2) is 25.8. The van der Waals surface area contributed by atoms with Crippen molar-refractivity contribution in [3.63, 3.8) is 0 Å². The van der Waals surface area contributed by atoms with Gasteiger partial charge in [-0.1, -0.05) is 24.3 Å². The molecule has 15 N–H and O–H groups in total. The van der Waals surface area contributed by atoms with Crippen LogP contribution in [0.1, 0.15) is 56.7 Å². The Morgan fingerprint density at radius 2 is 0.938 bits per heavy atom. The van der Waals surface area contributed by atoms with Gasteiger partial charge in [-0.05, 0) is 62.1 Å². The molecule has 0 heterocycles. The molecular weight excluding hydrogens is 850 g/mol. The Kier molecular flexibility index (Phi) is 21.1. The van der Waals surface area contributed by atoms with Crippen molar-refractivity contribution in [2.45, 2.75) is 82.2 Å². The molecule has 6 unspecified atom stereocenters. The zero-order chi connectivity index (χ0) is 48.1. The number of nitrogens with two attached hydrogens (primary N) is 1. The molecule has 0 radical (unpaired) electrons. The number of aliphatic carboxylic acids is 3. The van der Waals surface area contributed by atoms with Gasteiger partial charge in [0.1, 0.15) is 54.3 Å². The number of nitrogens with one attached hydrogen (secondary N) is 8. The van der Waals surface area contributed by atoms with Crippen molar-refractivity contribution >= 4 is 65.2 Å². The smallest absolute Gasteiger partial charge is 0.326 e. The van der Waals surface area contributed by atoms with Crippen LogP contribution >= 0.6 is 0 Å². The van der Waals surface area contributed by atoms with Crippen molar-refractivity contribution in [1.29, 1.82) is 0 Å². The summed E-state index contributed by atoms with van der Waals surface area (Å²) >= 11 is 0. The van der Waals surface area contributed by atoms with Gasteiger partial charge in [-0.3, -0.25) is 43.2 Å². The van der Waals surface area contributed by atoms with Crippen LogP contribution in [0.5, 0.6) is 11.5 Å². The zero-order valence-corrected chi connectivity index (χ0v) is 34.5. The Morgan fingerprint density at radius 3 is 1.39 bits per heavy atom. The van der Waals surface area contributed by atoms with E-state index < -0.39 is 147 Å². The SMILES string of the molecule is CC(NC(=O)CCC(NC(=O)C(Cc1ccc(O)cc1)NC(=O)CNC(=O)C(C)NC(=O)CCC(NC(=O)C(N)c1ccc(O)cc1)C(=O)O)C(=O)O)C(=O)NCC(=O)NCC(=O)O. The fourth-order valence-corrected chi connectivity index (χ4v) is 5.39. The molecule has 6 atom stereocenters. The maximum atomic E-state index is 13.4. The maximum absolute atomic E-state index is 13.4. The summed E-state index contributed by atoms with van der Waals surface area (Å²) in [6, 6.07) is 2.30. The minimum Gasteiger partial charge on any atom is -0.508 e. The van der Waals surface area contributed by atoms with Crippen LogP contribution in [0.25, 0.3) is 0 Å². The second-order valence-electron chi connectivity index (χ2n) is 14.1. The van der Waals surface area contributed by atoms with Gasteiger partial charge in [0.2, 0.25) is 47.3 Å². The summed E-state index contributed by atoms with van der Waals surface area (Å²) in [7, 11) is 0. The Bertz CT molecular complexity index is 2030. The van der Waals surface area contributed by atoms with Gasteiger partial charge in [0, 0.05) is 19.3 Å². The average Bonchev–Trinajstić information content (AvgIpc) is 3.23. The number of amides is 8. The van der Waals surface area contributed by atoms with Gasteiger partial charge in [0.25, 0.3) is 0 Å². The van der Waals surface area contributed by atoms with Crippen LogP contribution in [0.2, 0.25) is 0 Å². The van der Waals surface area contributed by atoms with E-state index in [1.807, 2.05) is 5.32 Å². The average molecular weight is 902 g/mol. The molecule has 2 aromatic rings. The van der Waals surface area contributed by atoms with Gasteiger partial charge in [-0.2, -0.15) is 0 Å². The predicted molar refractivity (Wildman–Crippen MR) is 218 cm³/mol. The summed E-state index contributed by atoms with van der Waals surface area (Å²) in [5, 5.41) is 65.0. The van der Waals surface area contributed by atoms with E-state index in [4.69, 9.17) is 10.8 Å². The number of carboxylic acids is 3. The summed E-state index contributed by atoms with van der Waals surface area (Å²) in [4.78, 5) is 135. The Labute approximate surface area is 364 Å². The number of hydrogen-bond donors (Lipinski definition) is 14. The number of phenols is 2. The number of aromatic hydroxyl groups is 2. The highest BCUT2D eigenvalue weighted by atomic mass is 16.4. The fourth-order valence-electron chi connectivity index (χ4n) is 5.39. The highest BCUT2D eigenvalue weighted by molar-refractivity contribution is 5.94. The van der Waals surface area contributed by atoms with E-state index in [1.165, 1.54) is 62.4 Å². The molecule has 25 heteroatoms. The molecule has 2 aromatic carbocycles. The van der Waals surface area contributed by atoms with Crippen molar-refractivity contribution in [2.75, 3.05) is 19.6 Å². The summed E-state index contributed by atoms with van der Waals surface area (Å²) in [5.74, 6) is -11.4. The zero-order valence-electron chi connectivity index (χ0n) is 34.5. The number of carboxylic acid groups (broad SMARTS) is 3. The lowest BCUT2D eigenvalue weighted by Gasteiger charge is -2.22. The number of benzene rings is 2. The molecule has 8 amide bonds. The van der Waals surface area contributed by atoms with Gasteiger partial charge in [-0.15, -0.1) is 0 Å². The van der Waals surface area contributed by atoms with Gasteiger partial charge in [0.15, 0.2) is 0 Å². The largest absolute Gasteiger partial charge is 0.508 e. The number of rotatable bonds is 26. The number of phenolic OH excluding ortho intramolecular Hbond substituents is 2. The van der Waals surface area contributed by atoms with Crippen molar-refractivity contribution in [1.82, 2.24) is 42.5 Å². The molecule has 0 aromatic heterocycles.